The number of hydrogen-bond donors (Lipinski definition) is 0. The Kier molecular flexibility index (Phi) is 3.68. The van der Waals surface area contributed by atoms with Gasteiger partial charge in [-0.3, -0.25) is 9.59 Å². The molecule has 6 nitrogen and oxygen atoms in total. The van der Waals surface area contributed by atoms with Crippen LogP contribution >= 0.6 is 11.3 Å². The van der Waals surface area contributed by atoms with Crippen molar-refractivity contribution in [2.45, 2.75) is 26.3 Å². The summed E-state index contributed by atoms with van der Waals surface area (Å²) in [6.07, 6.45) is 4.37. The van der Waals surface area contributed by atoms with Gasteiger partial charge in [-0.1, -0.05) is 0 Å². The van der Waals surface area contributed by atoms with Crippen molar-refractivity contribution in [3.63, 3.8) is 0 Å². The molecule has 2 saturated heterocycles. The van der Waals surface area contributed by atoms with Gasteiger partial charge in [-0.2, -0.15) is 0 Å². The molecule has 1 spiro atoms. The highest BCUT2D eigenvalue weighted by molar-refractivity contribution is 7.09. The minimum absolute atomic E-state index is 0.0124. The predicted molar refractivity (Wildman–Crippen MR) is 88.5 cm³/mol. The monoisotopic (exact) mass is 345 g/mol. The Hall–Kier alpha value is -2.15. The number of hydrogen-bond acceptors (Lipinski definition) is 5. The van der Waals surface area contributed by atoms with E-state index in [0.717, 1.165) is 17.1 Å². The highest BCUT2D eigenvalue weighted by Crippen LogP contribution is 2.41. The highest BCUT2D eigenvalue weighted by Gasteiger charge is 2.48. The van der Waals surface area contributed by atoms with Crippen LogP contribution in [-0.2, 0) is 11.3 Å². The maximum atomic E-state index is 12.5. The van der Waals surface area contributed by atoms with Crippen molar-refractivity contribution >= 4 is 23.2 Å². The van der Waals surface area contributed by atoms with E-state index < -0.39 is 0 Å². The molecule has 24 heavy (non-hydrogen) atoms. The number of carbonyl (C=O) groups excluding carboxylic acids is 2. The summed E-state index contributed by atoms with van der Waals surface area (Å²) >= 11 is 1.60. The molecule has 0 radical (unpaired) electrons. The topological polar surface area (TPSA) is 66.7 Å². The molecule has 1 atom stereocenters. The highest BCUT2D eigenvalue weighted by atomic mass is 32.1. The molecule has 126 valence electrons. The first-order valence-corrected chi connectivity index (χ1v) is 8.93. The zero-order chi connectivity index (χ0) is 16.7. The van der Waals surface area contributed by atoms with Gasteiger partial charge in [0.15, 0.2) is 0 Å². The van der Waals surface area contributed by atoms with Crippen molar-refractivity contribution < 1.29 is 14.0 Å². The van der Waals surface area contributed by atoms with Crippen LogP contribution in [0.4, 0.5) is 0 Å². The molecule has 2 amide bonds. The molecular weight excluding hydrogens is 326 g/mol. The number of thiazole rings is 1. The second-order valence-corrected chi connectivity index (χ2v) is 7.84. The molecule has 0 N–H and O–H groups in total. The summed E-state index contributed by atoms with van der Waals surface area (Å²) in [5.41, 5.74) is 1.42. The number of carbonyl (C=O) groups is 2. The lowest BCUT2D eigenvalue weighted by Crippen LogP contribution is -2.34. The van der Waals surface area contributed by atoms with Crippen LogP contribution in [0.25, 0.3) is 0 Å². The van der Waals surface area contributed by atoms with Crippen molar-refractivity contribution in [2.75, 3.05) is 19.6 Å². The first-order chi connectivity index (χ1) is 11.5. The van der Waals surface area contributed by atoms with Crippen molar-refractivity contribution in [3.05, 3.63) is 40.2 Å². The first-order valence-electron chi connectivity index (χ1n) is 8.05. The number of aryl methyl sites for hydroxylation is 1. The Labute approximate surface area is 144 Å². The molecule has 2 aromatic rings. The lowest BCUT2D eigenvalue weighted by atomic mass is 9.86. The Balaban J connectivity index is 1.43. The molecule has 2 aliphatic rings. The van der Waals surface area contributed by atoms with Crippen molar-refractivity contribution in [3.8, 4) is 0 Å². The fourth-order valence-corrected chi connectivity index (χ4v) is 4.36. The summed E-state index contributed by atoms with van der Waals surface area (Å²) in [5.74, 6) is 0.153. The molecule has 2 fully saturated rings. The third kappa shape index (κ3) is 2.73. The molecule has 0 aliphatic carbocycles. The van der Waals surface area contributed by atoms with Gasteiger partial charge in [0.1, 0.15) is 6.26 Å². The molecule has 0 aromatic carbocycles. The van der Waals surface area contributed by atoms with Crippen LogP contribution in [0.15, 0.2) is 28.4 Å². The number of amides is 2. The lowest BCUT2D eigenvalue weighted by molar-refractivity contribution is -0.128. The van der Waals surface area contributed by atoms with Crippen LogP contribution in [0, 0.1) is 12.3 Å². The number of nitrogens with zero attached hydrogens (tertiary/aromatic N) is 3. The summed E-state index contributed by atoms with van der Waals surface area (Å²) in [7, 11) is 0. The summed E-state index contributed by atoms with van der Waals surface area (Å²) in [4.78, 5) is 33.1. The van der Waals surface area contributed by atoms with Gasteiger partial charge in [0, 0.05) is 36.9 Å². The van der Waals surface area contributed by atoms with E-state index in [-0.39, 0.29) is 17.2 Å². The summed E-state index contributed by atoms with van der Waals surface area (Å²) in [6.45, 7) is 4.58. The van der Waals surface area contributed by atoms with Gasteiger partial charge in [-0.05, 0) is 19.4 Å². The van der Waals surface area contributed by atoms with Gasteiger partial charge in [0.05, 0.1) is 29.1 Å². The van der Waals surface area contributed by atoms with Crippen LogP contribution < -0.4 is 0 Å². The standard InChI is InChI=1S/C17H19N3O3S/c1-12-18-14(9-24-12)7-20-11-17(6-15(20)21)3-4-19(10-17)16(22)13-2-5-23-8-13/h2,5,8-9H,3-4,6-7,10-11H2,1H3/t17-/m0/s1. The fraction of sp³-hybridized carbons (Fsp3) is 0.471. The first kappa shape index (κ1) is 15.4. The Morgan fingerprint density at radius 1 is 1.46 bits per heavy atom. The smallest absolute Gasteiger partial charge is 0.257 e. The molecule has 7 heteroatoms. The minimum atomic E-state index is -0.110. The van der Waals surface area contributed by atoms with E-state index in [1.807, 2.05) is 22.1 Å². The van der Waals surface area contributed by atoms with E-state index in [9.17, 15) is 9.59 Å². The van der Waals surface area contributed by atoms with E-state index in [2.05, 4.69) is 4.98 Å². The second kappa shape index (κ2) is 5.73. The molecule has 4 rings (SSSR count). The van der Waals surface area contributed by atoms with E-state index in [1.54, 1.807) is 17.4 Å². The van der Waals surface area contributed by atoms with Crippen LogP contribution in [0.5, 0.6) is 0 Å². The van der Waals surface area contributed by atoms with Crippen LogP contribution in [-0.4, -0.2) is 46.2 Å². The molecule has 2 aromatic heterocycles. The van der Waals surface area contributed by atoms with Crippen molar-refractivity contribution in [2.24, 2.45) is 5.41 Å². The Morgan fingerprint density at radius 3 is 3.04 bits per heavy atom. The Morgan fingerprint density at radius 2 is 2.33 bits per heavy atom. The van der Waals surface area contributed by atoms with Crippen molar-refractivity contribution in [1.29, 1.82) is 0 Å². The quantitative estimate of drug-likeness (QED) is 0.856. The lowest BCUT2D eigenvalue weighted by Gasteiger charge is -2.23. The van der Waals surface area contributed by atoms with E-state index >= 15 is 0 Å². The molecular formula is C17H19N3O3S. The van der Waals surface area contributed by atoms with Gasteiger partial charge >= 0.3 is 0 Å². The van der Waals surface area contributed by atoms with Gasteiger partial charge < -0.3 is 14.2 Å². The summed E-state index contributed by atoms with van der Waals surface area (Å²) in [6, 6.07) is 1.68. The molecule has 4 heterocycles. The van der Waals surface area contributed by atoms with Crippen LogP contribution in [0.2, 0.25) is 0 Å². The average molecular weight is 345 g/mol. The zero-order valence-electron chi connectivity index (χ0n) is 13.5. The maximum absolute atomic E-state index is 12.5. The average Bonchev–Trinajstić information content (AvgIpc) is 3.30. The number of rotatable bonds is 3. The molecule has 2 aliphatic heterocycles. The fourth-order valence-electron chi connectivity index (χ4n) is 3.75. The number of aromatic nitrogens is 1. The normalized spacial score (nSPS) is 23.6. The molecule has 0 saturated carbocycles. The predicted octanol–water partition coefficient (Wildman–Crippen LogP) is 2.31. The minimum Gasteiger partial charge on any atom is -0.472 e. The second-order valence-electron chi connectivity index (χ2n) is 6.77. The number of likely N-dealkylation sites (tertiary alicyclic amines) is 2. The molecule has 0 bridgehead atoms. The van der Waals surface area contributed by atoms with E-state index in [1.165, 1.54) is 12.5 Å². The van der Waals surface area contributed by atoms with Gasteiger partial charge in [-0.25, -0.2) is 4.98 Å². The zero-order valence-corrected chi connectivity index (χ0v) is 14.3. The van der Waals surface area contributed by atoms with Crippen LogP contribution in [0.1, 0.15) is 33.9 Å². The molecule has 0 unspecified atom stereocenters. The summed E-state index contributed by atoms with van der Waals surface area (Å²) in [5, 5.41) is 3.03. The third-order valence-corrected chi connectivity index (χ3v) is 5.74. The van der Waals surface area contributed by atoms with E-state index in [4.69, 9.17) is 4.42 Å². The van der Waals surface area contributed by atoms with Crippen LogP contribution in [0.3, 0.4) is 0 Å². The van der Waals surface area contributed by atoms with Crippen molar-refractivity contribution in [1.82, 2.24) is 14.8 Å². The Bertz CT molecular complexity index is 770. The van der Waals surface area contributed by atoms with Gasteiger partial charge in [0.25, 0.3) is 5.91 Å². The SMILES string of the molecule is Cc1nc(CN2C[C@@]3(CCN(C(=O)c4ccoc4)C3)CC2=O)cs1. The third-order valence-electron chi connectivity index (χ3n) is 4.92. The summed E-state index contributed by atoms with van der Waals surface area (Å²) < 4.78 is 5.00. The van der Waals surface area contributed by atoms with Gasteiger partial charge in [0.2, 0.25) is 5.91 Å². The van der Waals surface area contributed by atoms with Gasteiger partial charge in [-0.15, -0.1) is 11.3 Å². The largest absolute Gasteiger partial charge is 0.472 e. The van der Waals surface area contributed by atoms with E-state index in [0.29, 0.717) is 38.2 Å². The maximum Gasteiger partial charge on any atom is 0.257 e. The number of furan rings is 1.